The van der Waals surface area contributed by atoms with Gasteiger partial charge in [0.15, 0.2) is 0 Å². The summed E-state index contributed by atoms with van der Waals surface area (Å²) in [5, 5.41) is 0. The van der Waals surface area contributed by atoms with Crippen LogP contribution in [0, 0.1) is 28.6 Å². The molecular formula is C25H32O5. The molecule has 2 heterocycles. The van der Waals surface area contributed by atoms with Gasteiger partial charge >= 0.3 is 5.63 Å². The van der Waals surface area contributed by atoms with E-state index >= 15 is 0 Å². The molecule has 0 amide bonds. The molecule has 4 aliphatic carbocycles. The van der Waals surface area contributed by atoms with E-state index in [1.165, 1.54) is 25.7 Å². The predicted molar refractivity (Wildman–Crippen MR) is 110 cm³/mol. The molecule has 4 saturated carbocycles. The van der Waals surface area contributed by atoms with E-state index in [1.807, 2.05) is 6.07 Å². The van der Waals surface area contributed by atoms with Gasteiger partial charge in [-0.1, -0.05) is 13.8 Å². The molecule has 1 aromatic heterocycles. The van der Waals surface area contributed by atoms with Gasteiger partial charge in [-0.25, -0.2) is 4.79 Å². The Morgan fingerprint density at radius 3 is 2.70 bits per heavy atom. The number of carbonyl (C=O) groups excluding carboxylic acids is 1. The molecule has 1 aliphatic heterocycles. The molecule has 5 aliphatic rings. The number of fused-ring (bicyclic) bond motifs is 3. The maximum atomic E-state index is 11.5. The number of carbonyl (C=O) groups is 1. The largest absolute Gasteiger partial charge is 0.465 e. The minimum absolute atomic E-state index is 0.000838. The van der Waals surface area contributed by atoms with Crippen molar-refractivity contribution in [3.63, 3.8) is 0 Å². The summed E-state index contributed by atoms with van der Waals surface area (Å²) in [4.78, 5) is 22.3. The van der Waals surface area contributed by atoms with Crippen molar-refractivity contribution in [2.45, 2.75) is 88.9 Å². The molecule has 5 fully saturated rings. The van der Waals surface area contributed by atoms with Crippen LogP contribution in [0.2, 0.25) is 0 Å². The molecule has 6 rings (SSSR count). The maximum absolute atomic E-state index is 11.5. The third-order valence-electron chi connectivity index (χ3n) is 10.4. The standard InChI is InChI=1S/C25H32O5/c1-23-9-7-17(29-14-26)11-16(23)4-5-19-18(23)8-10-24(2)20(12-21-25(19,24)30-21)15-3-6-22(27)28-13-15/h3,6,13-14,16-21H,4-5,7-12H2,1-2H3/t16-,17+,18?,19?,20-,21-,23+,24-,25-/m1/s1. The Morgan fingerprint density at radius 2 is 1.93 bits per heavy atom. The Balaban J connectivity index is 1.30. The second kappa shape index (κ2) is 6.21. The van der Waals surface area contributed by atoms with E-state index in [-0.39, 0.29) is 22.7 Å². The van der Waals surface area contributed by atoms with E-state index in [2.05, 4.69) is 13.8 Å². The predicted octanol–water partition coefficient (Wildman–Crippen LogP) is 4.44. The number of hydrogen-bond donors (Lipinski definition) is 0. The van der Waals surface area contributed by atoms with E-state index < -0.39 is 0 Å². The van der Waals surface area contributed by atoms with Crippen molar-refractivity contribution in [3.8, 4) is 0 Å². The Morgan fingerprint density at radius 1 is 1.07 bits per heavy atom. The van der Waals surface area contributed by atoms with Crippen LogP contribution in [0.25, 0.3) is 0 Å². The molecule has 9 atom stereocenters. The third-order valence-corrected chi connectivity index (χ3v) is 10.4. The summed E-state index contributed by atoms with van der Waals surface area (Å²) in [5.41, 5.74) is 1.33. The van der Waals surface area contributed by atoms with E-state index in [0.29, 0.717) is 41.7 Å². The van der Waals surface area contributed by atoms with Crippen LogP contribution in [0.15, 0.2) is 27.6 Å². The van der Waals surface area contributed by atoms with E-state index in [4.69, 9.17) is 13.9 Å². The normalized spacial score (nSPS) is 51.1. The Labute approximate surface area is 177 Å². The van der Waals surface area contributed by atoms with Crippen LogP contribution >= 0.6 is 0 Å². The summed E-state index contributed by atoms with van der Waals surface area (Å²) < 4.78 is 17.2. The van der Waals surface area contributed by atoms with Crippen LogP contribution in [0.4, 0.5) is 0 Å². The lowest BCUT2D eigenvalue weighted by molar-refractivity contribution is -0.154. The molecule has 0 radical (unpaired) electrons. The zero-order valence-corrected chi connectivity index (χ0v) is 18.0. The molecule has 2 unspecified atom stereocenters. The second-order valence-electron chi connectivity index (χ2n) is 11.2. The monoisotopic (exact) mass is 412 g/mol. The summed E-state index contributed by atoms with van der Waals surface area (Å²) in [7, 11) is 0. The fourth-order valence-corrected chi connectivity index (χ4v) is 8.92. The molecule has 0 aromatic carbocycles. The van der Waals surface area contributed by atoms with Gasteiger partial charge in [-0.05, 0) is 92.1 Å². The van der Waals surface area contributed by atoms with Crippen LogP contribution in [0.3, 0.4) is 0 Å². The molecule has 1 saturated heterocycles. The lowest BCUT2D eigenvalue weighted by atomic mass is 9.44. The first-order valence-corrected chi connectivity index (χ1v) is 11.8. The van der Waals surface area contributed by atoms with Crippen LogP contribution in [-0.4, -0.2) is 24.3 Å². The highest BCUT2D eigenvalue weighted by atomic mass is 16.6. The van der Waals surface area contributed by atoms with Crippen LogP contribution in [0.1, 0.15) is 76.7 Å². The van der Waals surface area contributed by atoms with E-state index in [0.717, 1.165) is 31.2 Å². The van der Waals surface area contributed by atoms with Crippen LogP contribution < -0.4 is 5.63 Å². The summed E-state index contributed by atoms with van der Waals surface area (Å²) in [6.45, 7) is 5.59. The molecule has 0 bridgehead atoms. The third kappa shape index (κ3) is 2.28. The summed E-state index contributed by atoms with van der Waals surface area (Å²) in [6, 6.07) is 3.53. The lowest BCUT2D eigenvalue weighted by Crippen LogP contribution is -2.58. The van der Waals surface area contributed by atoms with Gasteiger partial charge in [0.25, 0.3) is 6.47 Å². The fraction of sp³-hybridized carbons (Fsp3) is 0.760. The molecule has 162 valence electrons. The number of ether oxygens (including phenoxy) is 2. The number of hydrogen-bond acceptors (Lipinski definition) is 5. The summed E-state index contributed by atoms with van der Waals surface area (Å²) >= 11 is 0. The topological polar surface area (TPSA) is 69.0 Å². The SMILES string of the molecule is C[C@]12CC[C@H](OC=O)C[C@H]1CCC1C2CC[C@]2(C)[C@@H](c3ccc(=O)oc3)C[C@H]3O[C@]132. The molecule has 5 nitrogen and oxygen atoms in total. The average Bonchev–Trinajstić information content (AvgIpc) is 3.39. The van der Waals surface area contributed by atoms with Crippen molar-refractivity contribution in [3.05, 3.63) is 34.4 Å². The van der Waals surface area contributed by atoms with Gasteiger partial charge in [0, 0.05) is 11.5 Å². The Bertz CT molecular complexity index is 904. The number of rotatable bonds is 3. The van der Waals surface area contributed by atoms with Crippen LogP contribution in [-0.2, 0) is 14.3 Å². The first-order chi connectivity index (χ1) is 14.4. The van der Waals surface area contributed by atoms with Gasteiger partial charge in [0.2, 0.25) is 0 Å². The fourth-order valence-electron chi connectivity index (χ4n) is 8.92. The Kier molecular flexibility index (Phi) is 3.95. The van der Waals surface area contributed by atoms with Gasteiger partial charge in [-0.2, -0.15) is 0 Å². The van der Waals surface area contributed by atoms with Gasteiger partial charge in [-0.15, -0.1) is 0 Å². The summed E-state index contributed by atoms with van der Waals surface area (Å²) in [5.74, 6) is 2.37. The van der Waals surface area contributed by atoms with Crippen molar-refractivity contribution in [1.29, 1.82) is 0 Å². The minimum Gasteiger partial charge on any atom is -0.465 e. The molecule has 30 heavy (non-hydrogen) atoms. The van der Waals surface area contributed by atoms with Gasteiger partial charge < -0.3 is 13.9 Å². The van der Waals surface area contributed by atoms with Gasteiger partial charge in [-0.3, -0.25) is 4.79 Å². The lowest BCUT2D eigenvalue weighted by Gasteiger charge is -2.61. The molecule has 0 N–H and O–H groups in total. The smallest absolute Gasteiger partial charge is 0.335 e. The molecule has 1 aromatic rings. The Hall–Kier alpha value is -1.62. The quantitative estimate of drug-likeness (QED) is 0.542. The average molecular weight is 413 g/mol. The van der Waals surface area contributed by atoms with Crippen molar-refractivity contribution in [1.82, 2.24) is 0 Å². The van der Waals surface area contributed by atoms with E-state index in [1.54, 1.807) is 12.3 Å². The van der Waals surface area contributed by atoms with Crippen LogP contribution in [0.5, 0.6) is 0 Å². The highest BCUT2D eigenvalue weighted by Crippen LogP contribution is 2.77. The highest BCUT2D eigenvalue weighted by molar-refractivity contribution is 5.38. The zero-order valence-electron chi connectivity index (χ0n) is 18.0. The first kappa shape index (κ1) is 19.1. The van der Waals surface area contributed by atoms with Gasteiger partial charge in [0.05, 0.1) is 12.4 Å². The first-order valence-electron chi connectivity index (χ1n) is 11.8. The minimum atomic E-state index is -0.276. The van der Waals surface area contributed by atoms with Crippen molar-refractivity contribution in [2.24, 2.45) is 28.6 Å². The van der Waals surface area contributed by atoms with E-state index in [9.17, 15) is 9.59 Å². The molecule has 1 spiro atoms. The van der Waals surface area contributed by atoms with Crippen molar-refractivity contribution in [2.75, 3.05) is 0 Å². The zero-order chi connectivity index (χ0) is 20.7. The highest BCUT2D eigenvalue weighted by Gasteiger charge is 2.80. The van der Waals surface area contributed by atoms with Gasteiger partial charge in [0.1, 0.15) is 11.7 Å². The van der Waals surface area contributed by atoms with Crippen molar-refractivity contribution < 1.29 is 18.7 Å². The molecular weight excluding hydrogens is 380 g/mol. The summed E-state index contributed by atoms with van der Waals surface area (Å²) in [6.07, 6.45) is 11.2. The molecule has 5 heteroatoms. The number of epoxide rings is 1. The van der Waals surface area contributed by atoms with Crippen molar-refractivity contribution >= 4 is 6.47 Å². The second-order valence-corrected chi connectivity index (χ2v) is 11.2. The maximum Gasteiger partial charge on any atom is 0.335 e.